The summed E-state index contributed by atoms with van der Waals surface area (Å²) < 4.78 is 0. The van der Waals surface area contributed by atoms with Crippen LogP contribution in [0.25, 0.3) is 10.6 Å². The van der Waals surface area contributed by atoms with E-state index in [1.54, 1.807) is 17.5 Å². The van der Waals surface area contributed by atoms with Gasteiger partial charge < -0.3 is 5.32 Å². The molecule has 2 atom stereocenters. The number of amides is 1. The van der Waals surface area contributed by atoms with Crippen LogP contribution >= 0.6 is 11.3 Å². The number of aromatic nitrogens is 2. The fourth-order valence-electron chi connectivity index (χ4n) is 3.03. The highest BCUT2D eigenvalue weighted by molar-refractivity contribution is 7.13. The van der Waals surface area contributed by atoms with E-state index in [2.05, 4.69) is 32.8 Å². The van der Waals surface area contributed by atoms with Gasteiger partial charge in [-0.25, -0.2) is 4.98 Å². The molecule has 1 amide bonds. The summed E-state index contributed by atoms with van der Waals surface area (Å²) in [5.41, 5.74) is 3.33. The first-order valence-electron chi connectivity index (χ1n) is 8.49. The van der Waals surface area contributed by atoms with Gasteiger partial charge >= 0.3 is 0 Å². The van der Waals surface area contributed by atoms with E-state index in [-0.39, 0.29) is 11.8 Å². The van der Waals surface area contributed by atoms with Crippen molar-refractivity contribution in [2.45, 2.75) is 18.8 Å². The highest BCUT2D eigenvalue weighted by Gasteiger charge is 2.43. The molecular weight excluding hydrogens is 330 g/mol. The molecule has 1 aromatic carbocycles. The zero-order valence-corrected chi connectivity index (χ0v) is 14.6. The van der Waals surface area contributed by atoms with Crippen molar-refractivity contribution in [3.05, 3.63) is 71.5 Å². The van der Waals surface area contributed by atoms with Crippen LogP contribution in [0, 0.1) is 5.92 Å². The first-order chi connectivity index (χ1) is 12.3. The van der Waals surface area contributed by atoms with Gasteiger partial charge in [-0.2, -0.15) is 0 Å². The summed E-state index contributed by atoms with van der Waals surface area (Å²) in [4.78, 5) is 21.0. The lowest BCUT2D eigenvalue weighted by Gasteiger charge is -2.04. The second-order valence-electron chi connectivity index (χ2n) is 6.29. The van der Waals surface area contributed by atoms with Crippen molar-refractivity contribution < 1.29 is 4.79 Å². The van der Waals surface area contributed by atoms with Gasteiger partial charge in [0.05, 0.1) is 5.69 Å². The molecule has 0 unspecified atom stereocenters. The highest BCUT2D eigenvalue weighted by Crippen LogP contribution is 2.47. The maximum atomic E-state index is 12.3. The van der Waals surface area contributed by atoms with E-state index in [9.17, 15) is 4.79 Å². The zero-order chi connectivity index (χ0) is 17.1. The molecule has 2 heterocycles. The molecule has 1 N–H and O–H groups in total. The normalized spacial score (nSPS) is 18.7. The standard InChI is InChI=1S/C20H19N3OS/c24-19(18-11-17(18)15-7-4-9-21-12-15)22-10-8-16-13-25-20(23-16)14-5-2-1-3-6-14/h1-7,9,12-13,17-18H,8,10-11H2,(H,22,24)/t17-,18+/m0/s1. The van der Waals surface area contributed by atoms with Crippen LogP contribution in [-0.4, -0.2) is 22.4 Å². The number of carbonyl (C=O) groups is 1. The lowest BCUT2D eigenvalue weighted by Crippen LogP contribution is -2.27. The molecule has 1 saturated carbocycles. The molecule has 25 heavy (non-hydrogen) atoms. The summed E-state index contributed by atoms with van der Waals surface area (Å²) in [5, 5.41) is 6.15. The van der Waals surface area contributed by atoms with E-state index < -0.39 is 0 Å². The van der Waals surface area contributed by atoms with Crippen molar-refractivity contribution in [1.82, 2.24) is 15.3 Å². The minimum atomic E-state index is 0.0968. The van der Waals surface area contributed by atoms with Crippen LogP contribution in [0.1, 0.15) is 23.6 Å². The summed E-state index contributed by atoms with van der Waals surface area (Å²) in [5.74, 6) is 0.574. The molecule has 5 heteroatoms. The molecule has 0 spiro atoms. The molecule has 1 aliphatic carbocycles. The third-order valence-electron chi connectivity index (χ3n) is 4.49. The summed E-state index contributed by atoms with van der Waals surface area (Å²) in [6.45, 7) is 0.632. The van der Waals surface area contributed by atoms with Crippen molar-refractivity contribution in [2.24, 2.45) is 5.92 Å². The minimum absolute atomic E-state index is 0.0968. The van der Waals surface area contributed by atoms with E-state index in [1.807, 2.05) is 36.5 Å². The van der Waals surface area contributed by atoms with Gasteiger partial charge in [0.15, 0.2) is 0 Å². The molecular formula is C20H19N3OS. The maximum absolute atomic E-state index is 12.3. The Morgan fingerprint density at radius 3 is 2.88 bits per heavy atom. The van der Waals surface area contributed by atoms with Gasteiger partial charge in [-0.15, -0.1) is 11.3 Å². The lowest BCUT2D eigenvalue weighted by atomic mass is 10.1. The topological polar surface area (TPSA) is 54.9 Å². The Bertz CT molecular complexity index is 848. The van der Waals surface area contributed by atoms with Crippen LogP contribution in [0.2, 0.25) is 0 Å². The lowest BCUT2D eigenvalue weighted by molar-refractivity contribution is -0.122. The van der Waals surface area contributed by atoms with Gasteiger partial charge in [0.2, 0.25) is 5.91 Å². The number of carbonyl (C=O) groups excluding carboxylic acids is 1. The largest absolute Gasteiger partial charge is 0.355 e. The van der Waals surface area contributed by atoms with E-state index in [0.717, 1.165) is 34.7 Å². The minimum Gasteiger partial charge on any atom is -0.355 e. The molecule has 1 aliphatic rings. The van der Waals surface area contributed by atoms with E-state index in [1.165, 1.54) is 0 Å². The second-order valence-corrected chi connectivity index (χ2v) is 7.14. The number of hydrogen-bond donors (Lipinski definition) is 1. The van der Waals surface area contributed by atoms with Crippen LogP contribution in [0.5, 0.6) is 0 Å². The summed E-state index contributed by atoms with van der Waals surface area (Å²) in [6.07, 6.45) is 5.31. The van der Waals surface area contributed by atoms with Crippen LogP contribution in [-0.2, 0) is 11.2 Å². The van der Waals surface area contributed by atoms with Crippen LogP contribution < -0.4 is 5.32 Å². The molecule has 126 valence electrons. The molecule has 0 bridgehead atoms. The first kappa shape index (κ1) is 16.0. The van der Waals surface area contributed by atoms with E-state index in [0.29, 0.717) is 12.5 Å². The van der Waals surface area contributed by atoms with E-state index >= 15 is 0 Å². The molecule has 0 radical (unpaired) electrons. The van der Waals surface area contributed by atoms with Gasteiger partial charge in [-0.05, 0) is 24.0 Å². The predicted molar refractivity (Wildman–Crippen MR) is 99.3 cm³/mol. The quantitative estimate of drug-likeness (QED) is 0.739. The van der Waals surface area contributed by atoms with Gasteiger partial charge in [0.1, 0.15) is 5.01 Å². The summed E-state index contributed by atoms with van der Waals surface area (Å²) in [7, 11) is 0. The van der Waals surface area contributed by atoms with Crippen molar-refractivity contribution in [3.8, 4) is 10.6 Å². The average Bonchev–Trinajstić information content (AvgIpc) is 3.34. The fourth-order valence-corrected chi connectivity index (χ4v) is 3.89. The predicted octanol–water partition coefficient (Wildman–Crippen LogP) is 3.67. The third kappa shape index (κ3) is 3.77. The Morgan fingerprint density at radius 1 is 1.20 bits per heavy atom. The number of benzene rings is 1. The Hall–Kier alpha value is -2.53. The van der Waals surface area contributed by atoms with Crippen molar-refractivity contribution in [3.63, 3.8) is 0 Å². The number of rotatable bonds is 6. The zero-order valence-electron chi connectivity index (χ0n) is 13.8. The van der Waals surface area contributed by atoms with Crippen molar-refractivity contribution in [1.29, 1.82) is 0 Å². The smallest absolute Gasteiger partial charge is 0.223 e. The van der Waals surface area contributed by atoms with Crippen LogP contribution in [0.4, 0.5) is 0 Å². The molecule has 0 saturated heterocycles. The SMILES string of the molecule is O=C(NCCc1csc(-c2ccccc2)n1)[C@@H]1C[C@H]1c1cccnc1. The Morgan fingerprint density at radius 2 is 2.08 bits per heavy atom. The van der Waals surface area contributed by atoms with Gasteiger partial charge in [-0.3, -0.25) is 9.78 Å². The first-order valence-corrected chi connectivity index (χ1v) is 9.36. The number of hydrogen-bond acceptors (Lipinski definition) is 4. The molecule has 0 aliphatic heterocycles. The van der Waals surface area contributed by atoms with Gasteiger partial charge in [-0.1, -0.05) is 36.4 Å². The highest BCUT2D eigenvalue weighted by atomic mass is 32.1. The number of thiazole rings is 1. The number of pyridine rings is 1. The van der Waals surface area contributed by atoms with Crippen molar-refractivity contribution in [2.75, 3.05) is 6.54 Å². The molecule has 3 aromatic rings. The van der Waals surface area contributed by atoms with Crippen molar-refractivity contribution >= 4 is 17.2 Å². The molecule has 2 aromatic heterocycles. The fraction of sp³-hybridized carbons (Fsp3) is 0.250. The second kappa shape index (κ2) is 7.15. The molecule has 4 nitrogen and oxygen atoms in total. The Labute approximate surface area is 151 Å². The monoisotopic (exact) mass is 349 g/mol. The molecule has 4 rings (SSSR count). The third-order valence-corrected chi connectivity index (χ3v) is 5.43. The number of nitrogens with zero attached hydrogens (tertiary/aromatic N) is 2. The molecule has 1 fully saturated rings. The van der Waals surface area contributed by atoms with E-state index in [4.69, 9.17) is 0 Å². The van der Waals surface area contributed by atoms with Gasteiger partial charge in [0.25, 0.3) is 0 Å². The summed E-state index contributed by atoms with van der Waals surface area (Å²) in [6, 6.07) is 14.1. The Balaban J connectivity index is 1.26. The van der Waals surface area contributed by atoms with Gasteiger partial charge in [0, 0.05) is 42.2 Å². The average molecular weight is 349 g/mol. The number of nitrogens with one attached hydrogen (secondary N) is 1. The van der Waals surface area contributed by atoms with Crippen LogP contribution in [0.15, 0.2) is 60.2 Å². The Kier molecular flexibility index (Phi) is 4.57. The summed E-state index contributed by atoms with van der Waals surface area (Å²) >= 11 is 1.65. The van der Waals surface area contributed by atoms with Crippen LogP contribution in [0.3, 0.4) is 0 Å². The maximum Gasteiger partial charge on any atom is 0.223 e.